The number of ether oxygens (including phenoxy) is 1. The van der Waals surface area contributed by atoms with E-state index in [4.69, 9.17) is 4.74 Å². The van der Waals surface area contributed by atoms with Crippen molar-refractivity contribution in [2.45, 2.75) is 38.3 Å². The van der Waals surface area contributed by atoms with Crippen LogP contribution in [-0.2, 0) is 5.60 Å². The monoisotopic (exact) mass is 327 g/mol. The molecule has 0 unspecified atom stereocenters. The van der Waals surface area contributed by atoms with E-state index < -0.39 is 11.7 Å². The van der Waals surface area contributed by atoms with Crippen LogP contribution in [0.5, 0.6) is 5.75 Å². The van der Waals surface area contributed by atoms with Gasteiger partial charge in [0.25, 0.3) is 0 Å². The van der Waals surface area contributed by atoms with E-state index in [2.05, 4.69) is 25.0 Å². The fraction of sp³-hybridized carbons (Fsp3) is 0.444. The van der Waals surface area contributed by atoms with Crippen LogP contribution in [0.1, 0.15) is 38.3 Å². The largest absolute Gasteiger partial charge is 0.482 e. The van der Waals surface area contributed by atoms with Crippen molar-refractivity contribution in [3.63, 3.8) is 0 Å². The van der Waals surface area contributed by atoms with E-state index in [1.54, 1.807) is 0 Å². The van der Waals surface area contributed by atoms with Crippen molar-refractivity contribution >= 4 is 6.09 Å². The molecule has 1 N–H and O–H groups in total. The van der Waals surface area contributed by atoms with Gasteiger partial charge in [0.1, 0.15) is 11.4 Å². The molecule has 3 heterocycles. The van der Waals surface area contributed by atoms with Crippen LogP contribution in [-0.4, -0.2) is 39.0 Å². The average Bonchev–Trinajstić information content (AvgIpc) is 3.02. The summed E-state index contributed by atoms with van der Waals surface area (Å²) in [5, 5.41) is 13.8. The number of amides is 1. The average molecular weight is 327 g/mol. The summed E-state index contributed by atoms with van der Waals surface area (Å²) in [6.45, 7) is 5.18. The number of carbonyl (C=O) groups is 1. The molecule has 1 saturated heterocycles. The molecule has 4 rings (SSSR count). The predicted octanol–water partition coefficient (Wildman–Crippen LogP) is 3.49. The van der Waals surface area contributed by atoms with Gasteiger partial charge < -0.3 is 14.7 Å². The normalized spacial score (nSPS) is 18.2. The topological polar surface area (TPSA) is 67.6 Å². The number of hydrogen-bond acceptors (Lipinski definition) is 3. The number of rotatable bonds is 1. The molecule has 2 aromatic rings. The molecule has 2 aliphatic heterocycles. The molecule has 0 radical (unpaired) electrons. The van der Waals surface area contributed by atoms with Gasteiger partial charge in [-0.05, 0) is 26.0 Å². The van der Waals surface area contributed by atoms with Crippen LogP contribution in [0.25, 0.3) is 11.3 Å². The predicted molar refractivity (Wildman–Crippen MR) is 89.2 cm³/mol. The Morgan fingerprint density at radius 3 is 2.67 bits per heavy atom. The van der Waals surface area contributed by atoms with Crippen LogP contribution in [0.3, 0.4) is 0 Å². The second kappa shape index (κ2) is 5.26. The summed E-state index contributed by atoms with van der Waals surface area (Å²) in [5.41, 5.74) is 2.77. The first-order valence-corrected chi connectivity index (χ1v) is 8.36. The number of likely N-dealkylation sites (tertiary alicyclic amines) is 1. The highest BCUT2D eigenvalue weighted by Crippen LogP contribution is 2.49. The summed E-state index contributed by atoms with van der Waals surface area (Å²) in [6, 6.07) is 8.28. The summed E-state index contributed by atoms with van der Waals surface area (Å²) in [7, 11) is 0. The van der Waals surface area contributed by atoms with Gasteiger partial charge in [0, 0.05) is 43.1 Å². The van der Waals surface area contributed by atoms with Crippen LogP contribution in [0, 0.1) is 0 Å². The maximum absolute atomic E-state index is 11.2. The molecule has 0 aliphatic carbocycles. The minimum Gasteiger partial charge on any atom is -0.482 e. The number of aromatic nitrogens is 2. The van der Waals surface area contributed by atoms with E-state index in [0.717, 1.165) is 22.6 Å². The Kier molecular flexibility index (Phi) is 3.30. The molecule has 1 spiro atoms. The van der Waals surface area contributed by atoms with Crippen molar-refractivity contribution in [3.8, 4) is 17.0 Å². The molecule has 24 heavy (non-hydrogen) atoms. The van der Waals surface area contributed by atoms with E-state index >= 15 is 0 Å². The zero-order valence-electron chi connectivity index (χ0n) is 13.9. The number of nitrogens with zero attached hydrogens (tertiary/aromatic N) is 3. The third-order valence-corrected chi connectivity index (χ3v) is 5.06. The fourth-order valence-electron chi connectivity index (χ4n) is 3.80. The van der Waals surface area contributed by atoms with Gasteiger partial charge in [-0.2, -0.15) is 5.10 Å². The Bertz CT molecular complexity index is 789. The lowest BCUT2D eigenvalue weighted by molar-refractivity contribution is -0.000838. The standard InChI is InChI=1S/C18H21N3O3/c1-12(2)21-16-13-5-3-4-6-15(13)24-18(14(16)11-19-21)7-9-20(10-8-18)17(22)23/h3-6,11-12H,7-10H2,1-2H3,(H,22,23). The fourth-order valence-corrected chi connectivity index (χ4v) is 3.80. The van der Waals surface area contributed by atoms with E-state index in [9.17, 15) is 9.90 Å². The van der Waals surface area contributed by atoms with Crippen molar-refractivity contribution < 1.29 is 14.6 Å². The Labute approximate surface area is 140 Å². The van der Waals surface area contributed by atoms with Crippen molar-refractivity contribution in [2.75, 3.05) is 13.1 Å². The molecule has 6 heteroatoms. The van der Waals surface area contributed by atoms with Crippen LogP contribution < -0.4 is 4.74 Å². The minimum atomic E-state index is -0.862. The molecule has 0 saturated carbocycles. The summed E-state index contributed by atoms with van der Waals surface area (Å²) in [6.07, 6.45) is 2.33. The van der Waals surface area contributed by atoms with Crippen molar-refractivity contribution in [2.24, 2.45) is 0 Å². The van der Waals surface area contributed by atoms with Gasteiger partial charge in [-0.3, -0.25) is 4.68 Å². The Hall–Kier alpha value is -2.50. The van der Waals surface area contributed by atoms with Crippen LogP contribution in [0.2, 0.25) is 0 Å². The smallest absolute Gasteiger partial charge is 0.407 e. The lowest BCUT2D eigenvalue weighted by atomic mass is 9.81. The second-order valence-electron chi connectivity index (χ2n) is 6.81. The molecule has 2 aliphatic rings. The van der Waals surface area contributed by atoms with E-state index in [-0.39, 0.29) is 6.04 Å². The molecule has 0 atom stereocenters. The lowest BCUT2D eigenvalue weighted by Gasteiger charge is -2.43. The highest BCUT2D eigenvalue weighted by atomic mass is 16.5. The Morgan fingerprint density at radius 2 is 2.00 bits per heavy atom. The van der Waals surface area contributed by atoms with Gasteiger partial charge in [-0.25, -0.2) is 4.79 Å². The highest BCUT2D eigenvalue weighted by Gasteiger charge is 2.46. The number of hydrogen-bond donors (Lipinski definition) is 1. The third kappa shape index (κ3) is 2.09. The minimum absolute atomic E-state index is 0.246. The van der Waals surface area contributed by atoms with Crippen molar-refractivity contribution in [3.05, 3.63) is 36.0 Å². The van der Waals surface area contributed by atoms with Crippen LogP contribution in [0.4, 0.5) is 4.79 Å². The maximum Gasteiger partial charge on any atom is 0.407 e. The molecule has 6 nitrogen and oxygen atoms in total. The van der Waals surface area contributed by atoms with Gasteiger partial charge in [0.2, 0.25) is 0 Å². The molecule has 1 aromatic carbocycles. The van der Waals surface area contributed by atoms with Gasteiger partial charge in [0.05, 0.1) is 11.9 Å². The summed E-state index contributed by atoms with van der Waals surface area (Å²) in [4.78, 5) is 12.7. The molecule has 126 valence electrons. The Balaban J connectivity index is 1.82. The number of piperidine rings is 1. The zero-order chi connectivity index (χ0) is 16.9. The molecule has 1 amide bonds. The number of benzene rings is 1. The summed E-state index contributed by atoms with van der Waals surface area (Å²) >= 11 is 0. The van der Waals surface area contributed by atoms with E-state index in [1.165, 1.54) is 4.90 Å². The SMILES string of the molecule is CC(C)n1ncc2c1-c1ccccc1OC21CCN(C(=O)O)CC1. The quantitative estimate of drug-likeness (QED) is 0.870. The lowest BCUT2D eigenvalue weighted by Crippen LogP contribution is -2.48. The first-order chi connectivity index (χ1) is 11.5. The van der Waals surface area contributed by atoms with Gasteiger partial charge in [-0.1, -0.05) is 12.1 Å². The van der Waals surface area contributed by atoms with Crippen molar-refractivity contribution in [1.29, 1.82) is 0 Å². The zero-order valence-corrected chi connectivity index (χ0v) is 13.9. The summed E-state index contributed by atoms with van der Waals surface area (Å²) in [5.74, 6) is 0.858. The van der Waals surface area contributed by atoms with Crippen LogP contribution >= 0.6 is 0 Å². The third-order valence-electron chi connectivity index (χ3n) is 5.06. The van der Waals surface area contributed by atoms with Gasteiger partial charge >= 0.3 is 6.09 Å². The first kappa shape index (κ1) is 15.1. The first-order valence-electron chi connectivity index (χ1n) is 8.36. The Morgan fingerprint density at radius 1 is 1.29 bits per heavy atom. The van der Waals surface area contributed by atoms with Gasteiger partial charge in [0.15, 0.2) is 0 Å². The maximum atomic E-state index is 11.2. The molecular weight excluding hydrogens is 306 g/mol. The number of para-hydroxylation sites is 1. The van der Waals surface area contributed by atoms with Crippen molar-refractivity contribution in [1.82, 2.24) is 14.7 Å². The number of fused-ring (bicyclic) bond motifs is 4. The van der Waals surface area contributed by atoms with Crippen LogP contribution in [0.15, 0.2) is 30.5 Å². The summed E-state index contributed by atoms with van der Waals surface area (Å²) < 4.78 is 8.48. The molecular formula is C18H21N3O3. The van der Waals surface area contributed by atoms with E-state index in [0.29, 0.717) is 25.9 Å². The highest BCUT2D eigenvalue weighted by molar-refractivity contribution is 5.74. The van der Waals surface area contributed by atoms with Gasteiger partial charge in [-0.15, -0.1) is 0 Å². The molecule has 1 fully saturated rings. The number of carboxylic acid groups (broad SMARTS) is 1. The van der Waals surface area contributed by atoms with E-state index in [1.807, 2.05) is 29.1 Å². The molecule has 1 aromatic heterocycles. The molecule has 0 bridgehead atoms. The second-order valence-corrected chi connectivity index (χ2v) is 6.81.